The van der Waals surface area contributed by atoms with Gasteiger partial charge < -0.3 is 10.2 Å². The third kappa shape index (κ3) is 3.76. The van der Waals surface area contributed by atoms with Crippen LogP contribution in [0, 0.1) is 5.92 Å². The third-order valence-electron chi connectivity index (χ3n) is 5.01. The second-order valence-corrected chi connectivity index (χ2v) is 6.99. The Kier molecular flexibility index (Phi) is 4.93. The molecule has 5 heteroatoms. The first-order valence-corrected chi connectivity index (χ1v) is 8.67. The van der Waals surface area contributed by atoms with Crippen molar-refractivity contribution in [1.29, 1.82) is 0 Å². The first kappa shape index (κ1) is 17.3. The zero-order valence-corrected chi connectivity index (χ0v) is 14.8. The van der Waals surface area contributed by atoms with Crippen molar-refractivity contribution in [2.24, 2.45) is 5.92 Å². The molecule has 0 radical (unpaired) electrons. The van der Waals surface area contributed by atoms with Gasteiger partial charge in [-0.1, -0.05) is 29.0 Å². The minimum atomic E-state index is -0.0318. The molecule has 0 saturated heterocycles. The van der Waals surface area contributed by atoms with E-state index >= 15 is 0 Å². The van der Waals surface area contributed by atoms with Crippen LogP contribution < -0.4 is 0 Å². The Morgan fingerprint density at radius 1 is 1.32 bits per heavy atom. The quantitative estimate of drug-likeness (QED) is 0.809. The second kappa shape index (κ2) is 7.13. The minimum Gasteiger partial charge on any atom is -0.507 e. The Morgan fingerprint density at radius 3 is 2.64 bits per heavy atom. The molecule has 3 rings (SSSR count). The number of nitrogens with zero attached hydrogens (tertiary/aromatic N) is 3. The van der Waals surface area contributed by atoms with Crippen LogP contribution in [0.15, 0.2) is 48.3 Å². The largest absolute Gasteiger partial charge is 0.507 e. The molecule has 0 amide bonds. The Bertz CT molecular complexity index is 770. The summed E-state index contributed by atoms with van der Waals surface area (Å²) in [6, 6.07) is 3.50. The molecule has 0 bridgehead atoms. The van der Waals surface area contributed by atoms with Gasteiger partial charge in [0.2, 0.25) is 0 Å². The van der Waals surface area contributed by atoms with Crippen LogP contribution in [0.3, 0.4) is 0 Å². The molecule has 1 aromatic heterocycles. The van der Waals surface area contributed by atoms with Crippen molar-refractivity contribution in [3.8, 4) is 11.5 Å². The van der Waals surface area contributed by atoms with E-state index in [9.17, 15) is 10.2 Å². The number of aryl methyl sites for hydroxylation is 2. The Labute approximate surface area is 148 Å². The number of benzene rings is 1. The third-order valence-corrected chi connectivity index (χ3v) is 5.01. The SMILES string of the molecule is C=C(C)C1CCC(C)=CC1c1c(O)cc(CCn2ccnn2)cc1O. The molecule has 2 atom stereocenters. The van der Waals surface area contributed by atoms with E-state index in [0.717, 1.165) is 24.0 Å². The van der Waals surface area contributed by atoms with Crippen molar-refractivity contribution in [3.05, 3.63) is 59.5 Å². The van der Waals surface area contributed by atoms with E-state index in [1.807, 2.05) is 6.92 Å². The maximum Gasteiger partial charge on any atom is 0.123 e. The van der Waals surface area contributed by atoms with Gasteiger partial charge in [-0.05, 0) is 56.7 Å². The molecule has 1 aliphatic rings. The van der Waals surface area contributed by atoms with Crippen LogP contribution in [-0.4, -0.2) is 25.2 Å². The van der Waals surface area contributed by atoms with Crippen molar-refractivity contribution in [2.45, 2.75) is 45.6 Å². The van der Waals surface area contributed by atoms with Crippen molar-refractivity contribution < 1.29 is 10.2 Å². The molecule has 1 aliphatic carbocycles. The summed E-state index contributed by atoms with van der Waals surface area (Å²) < 4.78 is 1.73. The molecule has 132 valence electrons. The Morgan fingerprint density at radius 2 is 2.04 bits per heavy atom. The van der Waals surface area contributed by atoms with Gasteiger partial charge in [0.05, 0.1) is 6.20 Å². The molecule has 2 aromatic rings. The maximum atomic E-state index is 10.6. The lowest BCUT2D eigenvalue weighted by molar-refractivity contribution is 0.405. The Hall–Kier alpha value is -2.56. The van der Waals surface area contributed by atoms with Gasteiger partial charge >= 0.3 is 0 Å². The number of hydrogen-bond acceptors (Lipinski definition) is 4. The topological polar surface area (TPSA) is 71.2 Å². The van der Waals surface area contributed by atoms with E-state index in [4.69, 9.17) is 0 Å². The molecule has 0 spiro atoms. The average molecular weight is 339 g/mol. The predicted molar refractivity (Wildman–Crippen MR) is 97.5 cm³/mol. The van der Waals surface area contributed by atoms with Crippen LogP contribution in [0.2, 0.25) is 0 Å². The zero-order chi connectivity index (χ0) is 18.0. The molecule has 5 nitrogen and oxygen atoms in total. The van der Waals surface area contributed by atoms with Crippen LogP contribution in [0.1, 0.15) is 43.7 Å². The Balaban J connectivity index is 1.88. The zero-order valence-electron chi connectivity index (χ0n) is 14.8. The molecule has 0 aliphatic heterocycles. The molecule has 2 N–H and O–H groups in total. The molecule has 1 heterocycles. The lowest BCUT2D eigenvalue weighted by Crippen LogP contribution is -2.17. The highest BCUT2D eigenvalue weighted by molar-refractivity contribution is 5.51. The highest BCUT2D eigenvalue weighted by Crippen LogP contribution is 2.46. The summed E-state index contributed by atoms with van der Waals surface area (Å²) in [7, 11) is 0. The van der Waals surface area contributed by atoms with Gasteiger partial charge in [-0.15, -0.1) is 5.10 Å². The van der Waals surface area contributed by atoms with E-state index in [2.05, 4.69) is 29.9 Å². The van der Waals surface area contributed by atoms with Crippen LogP contribution in [0.4, 0.5) is 0 Å². The van der Waals surface area contributed by atoms with Crippen molar-refractivity contribution in [1.82, 2.24) is 15.0 Å². The summed E-state index contributed by atoms with van der Waals surface area (Å²) in [5.41, 5.74) is 3.86. The van der Waals surface area contributed by atoms with Gasteiger partial charge in [-0.25, -0.2) is 0 Å². The normalized spacial score (nSPS) is 20.3. The summed E-state index contributed by atoms with van der Waals surface area (Å²) in [6.07, 6.45) is 8.27. The van der Waals surface area contributed by atoms with Gasteiger partial charge in [0.25, 0.3) is 0 Å². The van der Waals surface area contributed by atoms with Crippen molar-refractivity contribution in [3.63, 3.8) is 0 Å². The maximum absolute atomic E-state index is 10.6. The summed E-state index contributed by atoms with van der Waals surface area (Å²) in [5, 5.41) is 28.9. The van der Waals surface area contributed by atoms with Crippen LogP contribution >= 0.6 is 0 Å². The second-order valence-electron chi connectivity index (χ2n) is 6.99. The molecule has 1 aromatic carbocycles. The number of phenolic OH excluding ortho intramolecular Hbond substituents is 2. The molecular formula is C20H25N3O2. The van der Waals surface area contributed by atoms with Gasteiger partial charge in [-0.3, -0.25) is 4.68 Å². The minimum absolute atomic E-state index is 0.0318. The van der Waals surface area contributed by atoms with E-state index in [1.54, 1.807) is 29.2 Å². The molecule has 2 unspecified atom stereocenters. The molecule has 25 heavy (non-hydrogen) atoms. The summed E-state index contributed by atoms with van der Waals surface area (Å²) >= 11 is 0. The van der Waals surface area contributed by atoms with Crippen LogP contribution in [-0.2, 0) is 13.0 Å². The molecule has 0 saturated carbocycles. The highest BCUT2D eigenvalue weighted by atomic mass is 16.3. The lowest BCUT2D eigenvalue weighted by atomic mass is 9.73. The first-order valence-electron chi connectivity index (χ1n) is 8.67. The fourth-order valence-corrected chi connectivity index (χ4v) is 3.67. The van der Waals surface area contributed by atoms with E-state index < -0.39 is 0 Å². The fourth-order valence-electron chi connectivity index (χ4n) is 3.67. The van der Waals surface area contributed by atoms with Gasteiger partial charge in [-0.2, -0.15) is 0 Å². The van der Waals surface area contributed by atoms with E-state index in [0.29, 0.717) is 18.5 Å². The monoisotopic (exact) mass is 339 g/mol. The van der Waals surface area contributed by atoms with Gasteiger partial charge in [0.15, 0.2) is 0 Å². The van der Waals surface area contributed by atoms with Crippen molar-refractivity contribution in [2.75, 3.05) is 0 Å². The summed E-state index contributed by atoms with van der Waals surface area (Å²) in [6.45, 7) is 8.87. The molecule has 0 fully saturated rings. The average Bonchev–Trinajstić information content (AvgIpc) is 3.05. The van der Waals surface area contributed by atoms with E-state index in [1.165, 1.54) is 5.57 Å². The van der Waals surface area contributed by atoms with Gasteiger partial charge in [0, 0.05) is 24.2 Å². The first-order chi connectivity index (χ1) is 12.0. The van der Waals surface area contributed by atoms with Gasteiger partial charge in [0.1, 0.15) is 11.5 Å². The number of hydrogen-bond donors (Lipinski definition) is 2. The van der Waals surface area contributed by atoms with E-state index in [-0.39, 0.29) is 23.3 Å². The number of aromatic nitrogens is 3. The smallest absolute Gasteiger partial charge is 0.123 e. The van der Waals surface area contributed by atoms with Crippen LogP contribution in [0.25, 0.3) is 0 Å². The van der Waals surface area contributed by atoms with Crippen molar-refractivity contribution >= 4 is 0 Å². The number of phenols is 2. The number of allylic oxidation sites excluding steroid dienone is 3. The highest BCUT2D eigenvalue weighted by Gasteiger charge is 2.30. The number of rotatable bonds is 5. The van der Waals surface area contributed by atoms with Crippen LogP contribution in [0.5, 0.6) is 11.5 Å². The molecular weight excluding hydrogens is 314 g/mol. The lowest BCUT2D eigenvalue weighted by Gasteiger charge is -2.31. The summed E-state index contributed by atoms with van der Waals surface area (Å²) in [5.74, 6) is 0.503. The summed E-state index contributed by atoms with van der Waals surface area (Å²) in [4.78, 5) is 0. The fraction of sp³-hybridized carbons (Fsp3) is 0.400. The standard InChI is InChI=1S/C20H25N3O2/c1-13(2)16-5-4-14(3)10-17(16)20-18(24)11-15(12-19(20)25)6-8-23-9-7-21-22-23/h7,9-12,16-17,24-25H,1,4-6,8H2,2-3H3. The number of aromatic hydroxyl groups is 2. The predicted octanol–water partition coefficient (Wildman–Crippen LogP) is 3.95.